The van der Waals surface area contributed by atoms with E-state index >= 15 is 0 Å². The summed E-state index contributed by atoms with van der Waals surface area (Å²) in [7, 11) is 1.65. The molecule has 1 saturated heterocycles. The van der Waals surface area contributed by atoms with Crippen LogP contribution in [0.3, 0.4) is 0 Å². The minimum Gasteiger partial charge on any atom is -0.497 e. The van der Waals surface area contributed by atoms with Crippen molar-refractivity contribution >= 4 is 5.91 Å². The Kier molecular flexibility index (Phi) is 5.41. The van der Waals surface area contributed by atoms with Gasteiger partial charge in [0.1, 0.15) is 5.75 Å². The predicted octanol–water partition coefficient (Wildman–Crippen LogP) is 1.86. The van der Waals surface area contributed by atoms with E-state index in [0.29, 0.717) is 12.3 Å². The van der Waals surface area contributed by atoms with Gasteiger partial charge in [-0.2, -0.15) is 0 Å². The average Bonchev–Trinajstić information content (AvgIpc) is 2.94. The Bertz CT molecular complexity index is 447. The molecular formula is C16H23NO3. The van der Waals surface area contributed by atoms with Crippen LogP contribution in [0.25, 0.3) is 0 Å². The molecule has 0 aliphatic carbocycles. The molecule has 1 unspecified atom stereocenters. The zero-order valence-corrected chi connectivity index (χ0v) is 12.0. The minimum atomic E-state index is 0.216. The maximum atomic E-state index is 12.2. The van der Waals surface area contributed by atoms with Gasteiger partial charge in [0.2, 0.25) is 5.91 Å². The van der Waals surface area contributed by atoms with E-state index in [9.17, 15) is 4.79 Å². The monoisotopic (exact) mass is 277 g/mol. The molecule has 1 aliphatic heterocycles. The van der Waals surface area contributed by atoms with Crippen LogP contribution in [-0.2, 0) is 11.2 Å². The van der Waals surface area contributed by atoms with Gasteiger partial charge in [0.25, 0.3) is 0 Å². The van der Waals surface area contributed by atoms with E-state index in [1.54, 1.807) is 7.11 Å². The number of benzene rings is 1. The zero-order valence-electron chi connectivity index (χ0n) is 12.0. The second-order valence-electron chi connectivity index (χ2n) is 5.36. The molecule has 2 rings (SSSR count). The third-order valence-electron chi connectivity index (χ3n) is 3.94. The van der Waals surface area contributed by atoms with Crippen LogP contribution in [-0.4, -0.2) is 42.7 Å². The van der Waals surface area contributed by atoms with Crippen molar-refractivity contribution in [1.29, 1.82) is 0 Å². The molecule has 0 bridgehead atoms. The van der Waals surface area contributed by atoms with Gasteiger partial charge in [0.05, 0.1) is 7.11 Å². The maximum Gasteiger partial charge on any atom is 0.222 e. The van der Waals surface area contributed by atoms with Gasteiger partial charge in [0, 0.05) is 26.1 Å². The van der Waals surface area contributed by atoms with Crippen molar-refractivity contribution in [3.05, 3.63) is 29.8 Å². The number of carbonyl (C=O) groups excluding carboxylic acids is 1. The van der Waals surface area contributed by atoms with Gasteiger partial charge in [-0.3, -0.25) is 4.79 Å². The number of methoxy groups -OCH3 is 1. The molecule has 1 aromatic rings. The summed E-state index contributed by atoms with van der Waals surface area (Å²) in [5.41, 5.74) is 1.13. The summed E-state index contributed by atoms with van der Waals surface area (Å²) in [5, 5.41) is 8.94. The number of aliphatic hydroxyl groups is 1. The number of amides is 1. The van der Waals surface area contributed by atoms with Crippen LogP contribution in [0.4, 0.5) is 0 Å². The number of hydrogen-bond acceptors (Lipinski definition) is 3. The van der Waals surface area contributed by atoms with Crippen LogP contribution >= 0.6 is 0 Å². The molecule has 110 valence electrons. The van der Waals surface area contributed by atoms with E-state index in [-0.39, 0.29) is 12.5 Å². The number of aliphatic hydroxyl groups excluding tert-OH is 1. The molecule has 1 fully saturated rings. The Morgan fingerprint density at radius 2 is 2.35 bits per heavy atom. The number of nitrogens with zero attached hydrogens (tertiary/aromatic N) is 1. The van der Waals surface area contributed by atoms with Crippen LogP contribution in [0.15, 0.2) is 24.3 Å². The molecule has 0 saturated carbocycles. The molecule has 1 amide bonds. The molecule has 1 N–H and O–H groups in total. The standard InChI is InChI=1S/C16H23NO3/c1-20-15-4-2-3-13(11-15)5-6-16(19)17-9-7-14(12-17)8-10-18/h2-4,11,14,18H,5-10,12H2,1H3. The fourth-order valence-electron chi connectivity index (χ4n) is 2.71. The molecule has 0 radical (unpaired) electrons. The number of likely N-dealkylation sites (tertiary alicyclic amines) is 1. The molecule has 4 heteroatoms. The number of aryl methyl sites for hydroxylation is 1. The lowest BCUT2D eigenvalue weighted by Crippen LogP contribution is -2.29. The molecule has 0 aromatic heterocycles. The van der Waals surface area contributed by atoms with Crippen LogP contribution in [0, 0.1) is 5.92 Å². The minimum absolute atomic E-state index is 0.216. The Labute approximate surface area is 120 Å². The predicted molar refractivity (Wildman–Crippen MR) is 77.7 cm³/mol. The summed E-state index contributed by atoms with van der Waals surface area (Å²) in [6.07, 6.45) is 3.11. The first kappa shape index (κ1) is 14.9. The summed E-state index contributed by atoms with van der Waals surface area (Å²) in [5.74, 6) is 1.52. The highest BCUT2D eigenvalue weighted by molar-refractivity contribution is 5.76. The summed E-state index contributed by atoms with van der Waals surface area (Å²) >= 11 is 0. The van der Waals surface area contributed by atoms with Gasteiger partial charge < -0.3 is 14.7 Å². The van der Waals surface area contributed by atoms with Crippen LogP contribution in [0.5, 0.6) is 5.75 Å². The van der Waals surface area contributed by atoms with E-state index < -0.39 is 0 Å². The normalized spacial score (nSPS) is 18.3. The molecule has 1 atom stereocenters. The van der Waals surface area contributed by atoms with Gasteiger partial charge >= 0.3 is 0 Å². The third kappa shape index (κ3) is 3.97. The molecular weight excluding hydrogens is 254 g/mol. The quantitative estimate of drug-likeness (QED) is 0.863. The van der Waals surface area contributed by atoms with Crippen molar-refractivity contribution in [2.75, 3.05) is 26.8 Å². The topological polar surface area (TPSA) is 49.8 Å². The average molecular weight is 277 g/mol. The maximum absolute atomic E-state index is 12.2. The smallest absolute Gasteiger partial charge is 0.222 e. The van der Waals surface area contributed by atoms with Crippen molar-refractivity contribution < 1.29 is 14.6 Å². The summed E-state index contributed by atoms with van der Waals surface area (Å²) in [6, 6.07) is 7.86. The van der Waals surface area contributed by atoms with Crippen molar-refractivity contribution in [3.63, 3.8) is 0 Å². The largest absolute Gasteiger partial charge is 0.497 e. The first-order chi connectivity index (χ1) is 9.72. The summed E-state index contributed by atoms with van der Waals surface area (Å²) in [4.78, 5) is 14.1. The van der Waals surface area contributed by atoms with Crippen molar-refractivity contribution in [2.45, 2.75) is 25.7 Å². The van der Waals surface area contributed by atoms with Gasteiger partial charge in [-0.25, -0.2) is 0 Å². The first-order valence-electron chi connectivity index (χ1n) is 7.24. The Morgan fingerprint density at radius 3 is 3.10 bits per heavy atom. The van der Waals surface area contributed by atoms with Crippen LogP contribution < -0.4 is 4.74 Å². The van der Waals surface area contributed by atoms with Crippen LogP contribution in [0.2, 0.25) is 0 Å². The first-order valence-corrected chi connectivity index (χ1v) is 7.24. The van der Waals surface area contributed by atoms with Gasteiger partial charge in [0.15, 0.2) is 0 Å². The Morgan fingerprint density at radius 1 is 1.50 bits per heavy atom. The molecule has 0 spiro atoms. The molecule has 1 aliphatic rings. The lowest BCUT2D eigenvalue weighted by molar-refractivity contribution is -0.130. The lowest BCUT2D eigenvalue weighted by Gasteiger charge is -2.16. The third-order valence-corrected chi connectivity index (χ3v) is 3.94. The zero-order chi connectivity index (χ0) is 14.4. The fourth-order valence-corrected chi connectivity index (χ4v) is 2.71. The number of rotatable bonds is 6. The molecule has 1 aromatic carbocycles. The number of carbonyl (C=O) groups is 1. The Balaban J connectivity index is 1.80. The SMILES string of the molecule is COc1cccc(CCC(=O)N2CCC(CCO)C2)c1. The summed E-state index contributed by atoms with van der Waals surface area (Å²) < 4.78 is 5.18. The van der Waals surface area contributed by atoms with E-state index in [0.717, 1.165) is 43.7 Å². The molecule has 1 heterocycles. The number of ether oxygens (including phenoxy) is 1. The number of hydrogen-bond donors (Lipinski definition) is 1. The van der Waals surface area contributed by atoms with E-state index in [1.165, 1.54) is 0 Å². The fraction of sp³-hybridized carbons (Fsp3) is 0.562. The van der Waals surface area contributed by atoms with Crippen molar-refractivity contribution in [3.8, 4) is 5.75 Å². The molecule has 4 nitrogen and oxygen atoms in total. The van der Waals surface area contributed by atoms with Gasteiger partial charge in [-0.05, 0) is 42.9 Å². The van der Waals surface area contributed by atoms with Crippen molar-refractivity contribution in [2.24, 2.45) is 5.92 Å². The summed E-state index contributed by atoms with van der Waals surface area (Å²) in [6.45, 7) is 1.86. The Hall–Kier alpha value is -1.55. The highest BCUT2D eigenvalue weighted by Gasteiger charge is 2.25. The van der Waals surface area contributed by atoms with Crippen LogP contribution in [0.1, 0.15) is 24.8 Å². The highest BCUT2D eigenvalue weighted by atomic mass is 16.5. The van der Waals surface area contributed by atoms with E-state index in [1.807, 2.05) is 29.2 Å². The van der Waals surface area contributed by atoms with Crippen molar-refractivity contribution in [1.82, 2.24) is 4.90 Å². The van der Waals surface area contributed by atoms with E-state index in [4.69, 9.17) is 9.84 Å². The lowest BCUT2D eigenvalue weighted by atomic mass is 10.1. The van der Waals surface area contributed by atoms with Gasteiger partial charge in [-0.15, -0.1) is 0 Å². The highest BCUT2D eigenvalue weighted by Crippen LogP contribution is 2.20. The second-order valence-corrected chi connectivity index (χ2v) is 5.36. The van der Waals surface area contributed by atoms with E-state index in [2.05, 4.69) is 0 Å². The molecule has 20 heavy (non-hydrogen) atoms. The van der Waals surface area contributed by atoms with Gasteiger partial charge in [-0.1, -0.05) is 12.1 Å². The second kappa shape index (κ2) is 7.29.